The summed E-state index contributed by atoms with van der Waals surface area (Å²) in [5.74, 6) is 0.671. The molecule has 0 bridgehead atoms. The zero-order valence-electron chi connectivity index (χ0n) is 7.89. The van der Waals surface area contributed by atoms with Crippen molar-refractivity contribution in [3.8, 4) is 0 Å². The molecule has 0 aliphatic carbocycles. The van der Waals surface area contributed by atoms with E-state index in [-0.39, 0.29) is 0 Å². The molecule has 1 aromatic carbocycles. The molecule has 1 aromatic heterocycles. The first kappa shape index (κ1) is 9.26. The summed E-state index contributed by atoms with van der Waals surface area (Å²) in [6, 6.07) is 5.37. The van der Waals surface area contributed by atoms with E-state index in [0.29, 0.717) is 17.0 Å². The number of nitrogens with zero attached hydrogens (tertiary/aromatic N) is 1. The summed E-state index contributed by atoms with van der Waals surface area (Å²) in [6.45, 7) is 0. The molecule has 0 radical (unpaired) electrons. The van der Waals surface area contributed by atoms with E-state index >= 15 is 0 Å². The minimum absolute atomic E-state index is 0.459. The number of hydrogen-bond acceptors (Lipinski definition) is 2. The summed E-state index contributed by atoms with van der Waals surface area (Å²) in [5.41, 5.74) is 3.15. The average molecular weight is 225 g/mol. The van der Waals surface area contributed by atoms with Crippen LogP contribution in [0.25, 0.3) is 10.9 Å². The highest BCUT2D eigenvalue weighted by Gasteiger charge is 2.30. The zero-order chi connectivity index (χ0) is 11.3. The van der Waals surface area contributed by atoms with Gasteiger partial charge in [-0.25, -0.2) is 0 Å². The summed E-state index contributed by atoms with van der Waals surface area (Å²) in [7, 11) is 0. The van der Waals surface area contributed by atoms with E-state index in [9.17, 15) is 13.2 Å². The van der Waals surface area contributed by atoms with E-state index in [4.69, 9.17) is 0 Å². The number of fused-ring (bicyclic) bond motifs is 1. The topological polar surface area (TPSA) is 50.1 Å². The van der Waals surface area contributed by atoms with Crippen LogP contribution in [0.4, 0.5) is 13.2 Å². The zero-order valence-corrected chi connectivity index (χ0v) is 7.89. The summed E-state index contributed by atoms with van der Waals surface area (Å²) >= 11 is 0. The number of benzene rings is 1. The van der Waals surface area contributed by atoms with Crippen molar-refractivity contribution in [1.29, 1.82) is 0 Å². The fourth-order valence-corrected chi connectivity index (χ4v) is 1.58. The van der Waals surface area contributed by atoms with E-state index in [1.807, 2.05) is 0 Å². The number of H-pyrrole nitrogens is 1. The van der Waals surface area contributed by atoms with Crippen LogP contribution in [0.1, 0.15) is 11.3 Å². The maximum absolute atomic E-state index is 12.4. The lowest BCUT2D eigenvalue weighted by Gasteiger charge is -2.05. The molecule has 3 nitrogen and oxygen atoms in total. The molecule has 0 saturated carbocycles. The second kappa shape index (κ2) is 2.78. The van der Waals surface area contributed by atoms with Gasteiger partial charge < -0.3 is 4.98 Å². The molecule has 1 aliphatic rings. The van der Waals surface area contributed by atoms with Gasteiger partial charge in [-0.05, 0) is 18.2 Å². The van der Waals surface area contributed by atoms with Crippen molar-refractivity contribution in [1.82, 2.24) is 10.4 Å². The highest BCUT2D eigenvalue weighted by atomic mass is 19.4. The minimum Gasteiger partial charge on any atom is -0.352 e. The third-order valence-electron chi connectivity index (χ3n) is 2.43. The molecule has 2 heterocycles. The van der Waals surface area contributed by atoms with Crippen molar-refractivity contribution in [2.24, 2.45) is 5.10 Å². The number of hydrogen-bond donors (Lipinski definition) is 2. The molecule has 82 valence electrons. The van der Waals surface area contributed by atoms with Gasteiger partial charge in [0.05, 0.1) is 11.3 Å². The number of aromatic nitrogens is 1. The van der Waals surface area contributed by atoms with E-state index in [1.54, 1.807) is 6.07 Å². The maximum Gasteiger partial charge on any atom is 0.416 e. The standard InChI is InChI=1S/C10H6F3N3/c11-10(12,13)6-2-1-5-3-8(9-15-16-9)14-7(5)4-6/h1-4,14H,(H,15,16). The SMILES string of the molecule is FC(F)(F)c1ccc2cc(C3=NN3)[nH]c2c1. The molecule has 6 heteroatoms. The molecule has 16 heavy (non-hydrogen) atoms. The first-order valence-electron chi connectivity index (χ1n) is 4.58. The molecule has 0 fully saturated rings. The summed E-state index contributed by atoms with van der Waals surface area (Å²) in [4.78, 5) is 2.88. The Bertz CT molecular complexity index is 595. The molecule has 0 unspecified atom stereocenters. The van der Waals surface area contributed by atoms with Crippen LogP contribution >= 0.6 is 0 Å². The molecule has 0 atom stereocenters. The Morgan fingerprint density at radius 1 is 1.12 bits per heavy atom. The van der Waals surface area contributed by atoms with Crippen LogP contribution in [0.5, 0.6) is 0 Å². The minimum atomic E-state index is -4.31. The summed E-state index contributed by atoms with van der Waals surface area (Å²) in [6.07, 6.45) is -4.31. The lowest BCUT2D eigenvalue weighted by Crippen LogP contribution is -2.04. The highest BCUT2D eigenvalue weighted by Crippen LogP contribution is 2.31. The Hall–Kier alpha value is -1.98. The molecule has 1 aliphatic heterocycles. The largest absolute Gasteiger partial charge is 0.416 e. The van der Waals surface area contributed by atoms with Gasteiger partial charge >= 0.3 is 6.18 Å². The maximum atomic E-state index is 12.4. The molecular weight excluding hydrogens is 219 g/mol. The van der Waals surface area contributed by atoms with Crippen LogP contribution in [0.3, 0.4) is 0 Å². The number of amidine groups is 1. The number of nitrogens with one attached hydrogen (secondary N) is 2. The number of alkyl halides is 3. The molecule has 0 amide bonds. The van der Waals surface area contributed by atoms with Gasteiger partial charge in [0.2, 0.25) is 0 Å². The van der Waals surface area contributed by atoms with Gasteiger partial charge in [-0.3, -0.25) is 5.43 Å². The van der Waals surface area contributed by atoms with Gasteiger partial charge in [0.15, 0.2) is 5.84 Å². The predicted octanol–water partition coefficient (Wildman–Crippen LogP) is 2.45. The van der Waals surface area contributed by atoms with Gasteiger partial charge in [-0.15, -0.1) is 0 Å². The first-order chi connectivity index (χ1) is 7.54. The molecule has 3 rings (SSSR count). The number of rotatable bonds is 1. The third-order valence-corrected chi connectivity index (χ3v) is 2.43. The van der Waals surface area contributed by atoms with Crippen molar-refractivity contribution >= 4 is 16.7 Å². The van der Waals surface area contributed by atoms with Crippen LogP contribution in [0.15, 0.2) is 29.4 Å². The lowest BCUT2D eigenvalue weighted by molar-refractivity contribution is -0.137. The van der Waals surface area contributed by atoms with Gasteiger partial charge in [0.25, 0.3) is 0 Å². The second-order valence-electron chi connectivity index (χ2n) is 3.56. The monoisotopic (exact) mass is 225 g/mol. The quantitative estimate of drug-likeness (QED) is 0.769. The molecule has 2 aromatic rings. The molecule has 0 saturated heterocycles. The first-order valence-corrected chi connectivity index (χ1v) is 4.58. The van der Waals surface area contributed by atoms with Crippen molar-refractivity contribution in [2.75, 3.05) is 0 Å². The van der Waals surface area contributed by atoms with Crippen LogP contribution in [0.2, 0.25) is 0 Å². The van der Waals surface area contributed by atoms with E-state index < -0.39 is 11.7 Å². The van der Waals surface area contributed by atoms with Gasteiger partial charge in [0, 0.05) is 10.9 Å². The Kier molecular flexibility index (Phi) is 1.61. The Morgan fingerprint density at radius 2 is 1.88 bits per heavy atom. The van der Waals surface area contributed by atoms with Gasteiger partial charge in [-0.1, -0.05) is 6.07 Å². The highest BCUT2D eigenvalue weighted by molar-refractivity contribution is 6.07. The predicted molar refractivity (Wildman–Crippen MR) is 53.0 cm³/mol. The fraction of sp³-hybridized carbons (Fsp3) is 0.100. The molecule has 2 N–H and O–H groups in total. The van der Waals surface area contributed by atoms with Crippen LogP contribution in [-0.4, -0.2) is 10.8 Å². The summed E-state index contributed by atoms with van der Waals surface area (Å²) < 4.78 is 37.3. The number of halogens is 3. The Labute approximate surface area is 88.0 Å². The number of hydrazone groups is 1. The van der Waals surface area contributed by atoms with Crippen molar-refractivity contribution in [2.45, 2.75) is 6.18 Å². The average Bonchev–Trinajstić information content (AvgIpc) is 2.96. The van der Waals surface area contributed by atoms with Crippen molar-refractivity contribution in [3.05, 3.63) is 35.5 Å². The third kappa shape index (κ3) is 1.42. The normalized spacial score (nSPS) is 14.8. The van der Waals surface area contributed by atoms with Crippen LogP contribution < -0.4 is 5.43 Å². The lowest BCUT2D eigenvalue weighted by atomic mass is 10.1. The van der Waals surface area contributed by atoms with E-state index in [0.717, 1.165) is 17.5 Å². The van der Waals surface area contributed by atoms with Crippen molar-refractivity contribution < 1.29 is 13.2 Å². The number of aromatic amines is 1. The Balaban J connectivity index is 2.13. The van der Waals surface area contributed by atoms with E-state index in [2.05, 4.69) is 15.5 Å². The Morgan fingerprint density at radius 3 is 2.50 bits per heavy atom. The van der Waals surface area contributed by atoms with Gasteiger partial charge in [0.1, 0.15) is 0 Å². The molecular formula is C10H6F3N3. The van der Waals surface area contributed by atoms with Gasteiger partial charge in [-0.2, -0.15) is 18.3 Å². The summed E-state index contributed by atoms with van der Waals surface area (Å²) in [5, 5.41) is 4.49. The molecule has 0 spiro atoms. The van der Waals surface area contributed by atoms with Crippen LogP contribution in [-0.2, 0) is 6.18 Å². The van der Waals surface area contributed by atoms with E-state index in [1.165, 1.54) is 6.07 Å². The second-order valence-corrected chi connectivity index (χ2v) is 3.56. The van der Waals surface area contributed by atoms with Crippen LogP contribution in [0, 0.1) is 0 Å². The fourth-order valence-electron chi connectivity index (χ4n) is 1.58. The van der Waals surface area contributed by atoms with Crippen molar-refractivity contribution in [3.63, 3.8) is 0 Å². The smallest absolute Gasteiger partial charge is 0.352 e.